The smallest absolute Gasteiger partial charge is 0.156 e. The highest BCUT2D eigenvalue weighted by Gasteiger charge is 2.09. The van der Waals surface area contributed by atoms with E-state index >= 15 is 0 Å². The Hall–Kier alpha value is -0.940. The van der Waals surface area contributed by atoms with Crippen LogP contribution in [-0.4, -0.2) is 20.2 Å². The lowest BCUT2D eigenvalue weighted by Crippen LogP contribution is -2.02. The fourth-order valence-corrected chi connectivity index (χ4v) is 1.81. The van der Waals surface area contributed by atoms with Crippen LogP contribution in [0, 0.1) is 0 Å². The zero-order valence-electron chi connectivity index (χ0n) is 7.98. The lowest BCUT2D eigenvalue weighted by atomic mass is 10.3. The van der Waals surface area contributed by atoms with Crippen LogP contribution in [0.4, 0.5) is 0 Å². The molecule has 0 saturated heterocycles. The molecule has 0 aliphatic heterocycles. The van der Waals surface area contributed by atoms with E-state index in [0.29, 0.717) is 5.02 Å². The first-order valence-corrected chi connectivity index (χ1v) is 5.62. The normalized spacial score (nSPS) is 10.6. The van der Waals surface area contributed by atoms with Crippen molar-refractivity contribution in [1.29, 1.82) is 0 Å². The molecule has 0 aliphatic carbocycles. The average Bonchev–Trinajstić information content (AvgIpc) is 2.69. The van der Waals surface area contributed by atoms with E-state index in [1.807, 2.05) is 25.1 Å². The first-order chi connectivity index (χ1) is 7.22. The number of aromatic nitrogens is 4. The van der Waals surface area contributed by atoms with Gasteiger partial charge in [-0.3, -0.25) is 0 Å². The lowest BCUT2D eigenvalue weighted by Gasteiger charge is -2.05. The van der Waals surface area contributed by atoms with Gasteiger partial charge in [0.15, 0.2) is 5.82 Å². The fourth-order valence-electron chi connectivity index (χ4n) is 1.26. The molecule has 0 aliphatic rings. The molecule has 2 rings (SSSR count). The highest BCUT2D eigenvalue weighted by Crippen LogP contribution is 2.24. The summed E-state index contributed by atoms with van der Waals surface area (Å²) >= 11 is 9.47. The predicted octanol–water partition coefficient (Wildman–Crippen LogP) is 2.64. The summed E-state index contributed by atoms with van der Waals surface area (Å²) in [5, 5.41) is 12.1. The van der Waals surface area contributed by atoms with Crippen molar-refractivity contribution in [3.05, 3.63) is 33.5 Å². The van der Waals surface area contributed by atoms with Crippen LogP contribution >= 0.6 is 27.5 Å². The molecule has 15 heavy (non-hydrogen) atoms. The molecule has 6 heteroatoms. The Labute approximate surface area is 100 Å². The van der Waals surface area contributed by atoms with E-state index in [0.717, 1.165) is 22.4 Å². The maximum absolute atomic E-state index is 6.08. The van der Waals surface area contributed by atoms with Crippen LogP contribution in [0.2, 0.25) is 5.02 Å². The van der Waals surface area contributed by atoms with E-state index < -0.39 is 0 Å². The minimum absolute atomic E-state index is 0.625. The van der Waals surface area contributed by atoms with Gasteiger partial charge < -0.3 is 0 Å². The van der Waals surface area contributed by atoms with E-state index in [9.17, 15) is 0 Å². The molecule has 0 N–H and O–H groups in total. The Balaban J connectivity index is 2.58. The lowest BCUT2D eigenvalue weighted by molar-refractivity contribution is 0.766. The van der Waals surface area contributed by atoms with Gasteiger partial charge >= 0.3 is 0 Å². The van der Waals surface area contributed by atoms with Crippen LogP contribution in [0.15, 0.2) is 22.7 Å². The third-order valence-corrected chi connectivity index (χ3v) is 2.80. The van der Waals surface area contributed by atoms with Gasteiger partial charge in [0.1, 0.15) is 0 Å². The highest BCUT2D eigenvalue weighted by molar-refractivity contribution is 9.10. The minimum atomic E-state index is 0.625. The predicted molar refractivity (Wildman–Crippen MR) is 61.2 cm³/mol. The summed E-state index contributed by atoms with van der Waals surface area (Å²) in [5.74, 6) is 0.787. The number of nitrogens with zero attached hydrogens (tertiary/aromatic N) is 4. The summed E-state index contributed by atoms with van der Waals surface area (Å²) in [5.41, 5.74) is 0.785. The minimum Gasteiger partial charge on any atom is -0.196 e. The molecule has 2 aromatic rings. The van der Waals surface area contributed by atoms with E-state index in [1.54, 1.807) is 4.68 Å². The summed E-state index contributed by atoms with van der Waals surface area (Å²) in [6.07, 6.45) is 0.760. The second-order valence-corrected chi connectivity index (χ2v) is 4.28. The second-order valence-electron chi connectivity index (χ2n) is 2.96. The Bertz CT molecular complexity index is 483. The molecule has 0 bridgehead atoms. The zero-order valence-corrected chi connectivity index (χ0v) is 10.3. The molecule has 0 saturated carbocycles. The average molecular weight is 288 g/mol. The van der Waals surface area contributed by atoms with E-state index in [1.165, 1.54) is 0 Å². The number of hydrogen-bond acceptors (Lipinski definition) is 3. The van der Waals surface area contributed by atoms with Gasteiger partial charge in [0, 0.05) is 10.9 Å². The molecule has 0 unspecified atom stereocenters. The molecule has 0 fully saturated rings. The van der Waals surface area contributed by atoms with Gasteiger partial charge in [-0.15, -0.1) is 5.10 Å². The van der Waals surface area contributed by atoms with Crippen molar-refractivity contribution in [2.45, 2.75) is 13.3 Å². The van der Waals surface area contributed by atoms with Gasteiger partial charge in [0.2, 0.25) is 0 Å². The summed E-state index contributed by atoms with van der Waals surface area (Å²) in [6.45, 7) is 1.99. The summed E-state index contributed by atoms with van der Waals surface area (Å²) in [7, 11) is 0. The van der Waals surface area contributed by atoms with Crippen LogP contribution in [0.5, 0.6) is 0 Å². The molecule has 1 aromatic carbocycles. The molecule has 4 nitrogen and oxygen atoms in total. The molecule has 1 aromatic heterocycles. The topological polar surface area (TPSA) is 43.6 Å². The first-order valence-electron chi connectivity index (χ1n) is 4.45. The number of tetrazole rings is 1. The second kappa shape index (κ2) is 4.28. The zero-order chi connectivity index (χ0) is 10.8. The van der Waals surface area contributed by atoms with Crippen LogP contribution in [0.25, 0.3) is 5.69 Å². The third-order valence-electron chi connectivity index (χ3n) is 1.99. The Morgan fingerprint density at radius 3 is 3.00 bits per heavy atom. The van der Waals surface area contributed by atoms with Crippen molar-refractivity contribution in [1.82, 2.24) is 20.2 Å². The van der Waals surface area contributed by atoms with Gasteiger partial charge in [-0.05, 0) is 28.6 Å². The number of hydrogen-bond donors (Lipinski definition) is 0. The molecular formula is C9H8BrClN4. The standard InChI is InChI=1S/C9H8BrClN4/c1-2-9-12-13-14-15(9)8-5-6(10)3-4-7(8)11/h3-5H,2H2,1H3. The molecule has 0 amide bonds. The molecular weight excluding hydrogens is 279 g/mol. The third kappa shape index (κ3) is 2.03. The van der Waals surface area contributed by atoms with Crippen LogP contribution in [0.1, 0.15) is 12.7 Å². The molecule has 0 radical (unpaired) electrons. The Kier molecular flexibility index (Phi) is 3.02. The summed E-state index contributed by atoms with van der Waals surface area (Å²) in [4.78, 5) is 0. The van der Waals surface area contributed by atoms with Crippen molar-refractivity contribution in [2.75, 3.05) is 0 Å². The van der Waals surface area contributed by atoms with E-state index in [4.69, 9.17) is 11.6 Å². The molecule has 0 atom stereocenters. The Morgan fingerprint density at radius 1 is 1.47 bits per heavy atom. The van der Waals surface area contributed by atoms with Crippen molar-refractivity contribution in [3.8, 4) is 5.69 Å². The Morgan fingerprint density at radius 2 is 2.27 bits per heavy atom. The van der Waals surface area contributed by atoms with Gasteiger partial charge in [-0.2, -0.15) is 4.68 Å². The van der Waals surface area contributed by atoms with Crippen molar-refractivity contribution >= 4 is 27.5 Å². The van der Waals surface area contributed by atoms with Crippen LogP contribution in [0.3, 0.4) is 0 Å². The monoisotopic (exact) mass is 286 g/mol. The van der Waals surface area contributed by atoms with Crippen LogP contribution in [-0.2, 0) is 6.42 Å². The SMILES string of the molecule is CCc1nnnn1-c1cc(Br)ccc1Cl. The van der Waals surface area contributed by atoms with Gasteiger partial charge in [0.05, 0.1) is 10.7 Å². The number of aryl methyl sites for hydroxylation is 1. The van der Waals surface area contributed by atoms with Crippen LogP contribution < -0.4 is 0 Å². The van der Waals surface area contributed by atoms with E-state index in [-0.39, 0.29) is 0 Å². The van der Waals surface area contributed by atoms with E-state index in [2.05, 4.69) is 31.5 Å². The molecule has 78 valence electrons. The first kappa shape index (κ1) is 10.6. The van der Waals surface area contributed by atoms with Gasteiger partial charge in [-0.25, -0.2) is 0 Å². The van der Waals surface area contributed by atoms with Crippen molar-refractivity contribution < 1.29 is 0 Å². The quantitative estimate of drug-likeness (QED) is 0.853. The largest absolute Gasteiger partial charge is 0.196 e. The molecule has 0 spiro atoms. The maximum atomic E-state index is 6.08. The molecule has 1 heterocycles. The highest BCUT2D eigenvalue weighted by atomic mass is 79.9. The van der Waals surface area contributed by atoms with Gasteiger partial charge in [-0.1, -0.05) is 34.5 Å². The van der Waals surface area contributed by atoms with Crippen molar-refractivity contribution in [2.24, 2.45) is 0 Å². The number of rotatable bonds is 2. The van der Waals surface area contributed by atoms with Crippen molar-refractivity contribution in [3.63, 3.8) is 0 Å². The fraction of sp³-hybridized carbons (Fsp3) is 0.222. The number of benzene rings is 1. The van der Waals surface area contributed by atoms with Gasteiger partial charge in [0.25, 0.3) is 0 Å². The maximum Gasteiger partial charge on any atom is 0.156 e. The summed E-state index contributed by atoms with van der Waals surface area (Å²) in [6, 6.07) is 5.57. The summed E-state index contributed by atoms with van der Waals surface area (Å²) < 4.78 is 2.59. The number of halogens is 2.